The maximum absolute atomic E-state index is 12.8. The normalized spacial score (nSPS) is 13.8. The maximum Gasteiger partial charge on any atom is 0.408 e. The van der Waals surface area contributed by atoms with Gasteiger partial charge in [-0.15, -0.1) is 0 Å². The fourth-order valence-corrected chi connectivity index (χ4v) is 3.98. The molecule has 34 heavy (non-hydrogen) atoms. The fourth-order valence-electron chi connectivity index (χ4n) is 3.68. The molecule has 3 atom stereocenters. The Kier molecular flexibility index (Phi) is 8.66. The topological polar surface area (TPSA) is 62.4 Å². The zero-order valence-electron chi connectivity index (χ0n) is 20.1. The number of carbonyl (C=O) groups excluding carboxylic acids is 1. The lowest BCUT2D eigenvalue weighted by molar-refractivity contribution is 0.0493. The molecule has 5 nitrogen and oxygen atoms in total. The Labute approximate surface area is 207 Å². The monoisotopic (exact) mass is 475 g/mol. The summed E-state index contributed by atoms with van der Waals surface area (Å²) >= 11 is 5.71. The Bertz CT molecular complexity index is 1050. The zero-order valence-corrected chi connectivity index (χ0v) is 20.9. The highest BCUT2D eigenvalue weighted by atomic mass is 32.1. The van der Waals surface area contributed by atoms with E-state index in [1.54, 1.807) is 0 Å². The van der Waals surface area contributed by atoms with Crippen molar-refractivity contribution >= 4 is 23.4 Å². The van der Waals surface area contributed by atoms with Crippen molar-refractivity contribution in [2.75, 3.05) is 0 Å². The van der Waals surface area contributed by atoms with Crippen LogP contribution in [0.1, 0.15) is 62.5 Å². The Morgan fingerprint density at radius 2 is 1.12 bits per heavy atom. The van der Waals surface area contributed by atoms with Crippen molar-refractivity contribution in [1.82, 2.24) is 16.0 Å². The molecule has 0 saturated carbocycles. The van der Waals surface area contributed by atoms with E-state index in [-0.39, 0.29) is 12.1 Å². The lowest BCUT2D eigenvalue weighted by Crippen LogP contribution is -2.45. The van der Waals surface area contributed by atoms with Crippen LogP contribution in [0.4, 0.5) is 4.79 Å². The van der Waals surface area contributed by atoms with Gasteiger partial charge in [0.2, 0.25) is 0 Å². The molecule has 0 saturated heterocycles. The quantitative estimate of drug-likeness (QED) is 0.354. The first kappa shape index (κ1) is 25.2. The number of rotatable bonds is 7. The minimum absolute atomic E-state index is 0.0200. The molecule has 1 amide bonds. The molecule has 178 valence electrons. The van der Waals surface area contributed by atoms with E-state index in [1.807, 2.05) is 99.6 Å². The van der Waals surface area contributed by atoms with Crippen molar-refractivity contribution in [3.05, 3.63) is 108 Å². The highest BCUT2D eigenvalue weighted by Gasteiger charge is 2.29. The summed E-state index contributed by atoms with van der Waals surface area (Å²) < 4.78 is 5.58. The molecule has 0 spiro atoms. The average molecular weight is 476 g/mol. The lowest BCUT2D eigenvalue weighted by Gasteiger charge is -2.32. The van der Waals surface area contributed by atoms with Crippen molar-refractivity contribution in [3.8, 4) is 0 Å². The molecule has 0 bridgehead atoms. The Balaban J connectivity index is 1.89. The minimum Gasteiger partial charge on any atom is -0.444 e. The Morgan fingerprint density at radius 3 is 1.56 bits per heavy atom. The van der Waals surface area contributed by atoms with Gasteiger partial charge in [-0.2, -0.15) is 0 Å². The molecule has 0 aliphatic heterocycles. The molecule has 0 aromatic heterocycles. The molecular formula is C28H33N3O2S. The van der Waals surface area contributed by atoms with Gasteiger partial charge in [0.1, 0.15) is 5.60 Å². The van der Waals surface area contributed by atoms with Crippen LogP contribution in [0.5, 0.6) is 0 Å². The van der Waals surface area contributed by atoms with Crippen LogP contribution in [0.3, 0.4) is 0 Å². The first-order valence-corrected chi connectivity index (χ1v) is 11.8. The van der Waals surface area contributed by atoms with Crippen molar-refractivity contribution in [2.45, 2.75) is 51.4 Å². The molecule has 3 aromatic carbocycles. The third kappa shape index (κ3) is 7.59. The number of alkyl carbamates (subject to hydrolysis) is 1. The van der Waals surface area contributed by atoms with Crippen LogP contribution in [0.25, 0.3) is 0 Å². The summed E-state index contributed by atoms with van der Waals surface area (Å²) in [4.78, 5) is 12.8. The molecule has 0 radical (unpaired) electrons. The SMILES string of the molecule is C[C@@H](NC(=S)N[C@@H](c1ccccc1)[C@@H](NC(=O)OC(C)(C)C)c1ccccc1)c1ccccc1. The van der Waals surface area contributed by atoms with E-state index in [9.17, 15) is 4.79 Å². The maximum atomic E-state index is 12.8. The van der Waals surface area contributed by atoms with Gasteiger partial charge in [0, 0.05) is 0 Å². The molecule has 3 N–H and O–H groups in total. The van der Waals surface area contributed by atoms with Crippen LogP contribution in [0.15, 0.2) is 91.0 Å². The van der Waals surface area contributed by atoms with E-state index >= 15 is 0 Å². The van der Waals surface area contributed by atoms with E-state index in [0.717, 1.165) is 16.7 Å². The smallest absolute Gasteiger partial charge is 0.408 e. The van der Waals surface area contributed by atoms with Gasteiger partial charge in [-0.25, -0.2) is 4.79 Å². The van der Waals surface area contributed by atoms with Gasteiger partial charge in [0.25, 0.3) is 0 Å². The second kappa shape index (κ2) is 11.7. The fraction of sp³-hybridized carbons (Fsp3) is 0.286. The van der Waals surface area contributed by atoms with Crippen LogP contribution < -0.4 is 16.0 Å². The summed E-state index contributed by atoms with van der Waals surface area (Å²) in [5.41, 5.74) is 2.45. The molecule has 0 aliphatic rings. The number of hydrogen-bond donors (Lipinski definition) is 3. The van der Waals surface area contributed by atoms with Crippen molar-refractivity contribution in [2.24, 2.45) is 0 Å². The number of carbonyl (C=O) groups is 1. The lowest BCUT2D eigenvalue weighted by atomic mass is 9.93. The zero-order chi connectivity index (χ0) is 24.6. The van der Waals surface area contributed by atoms with Crippen LogP contribution >= 0.6 is 12.2 Å². The van der Waals surface area contributed by atoms with Gasteiger partial charge >= 0.3 is 6.09 Å². The minimum atomic E-state index is -0.608. The van der Waals surface area contributed by atoms with Gasteiger partial charge in [-0.1, -0.05) is 91.0 Å². The molecular weight excluding hydrogens is 442 g/mol. The van der Waals surface area contributed by atoms with Gasteiger partial charge in [0.15, 0.2) is 5.11 Å². The standard InChI is InChI=1S/C28H33N3O2S/c1-20(21-14-8-5-9-15-21)29-26(34)30-24(22-16-10-6-11-17-22)25(23-18-12-7-13-19-23)31-27(32)33-28(2,3)4/h5-20,24-25H,1-4H3,(H,31,32)(H2,29,30,34)/t20-,24+,25+/m1/s1. The summed E-state index contributed by atoms with van der Waals surface area (Å²) in [7, 11) is 0. The molecule has 0 heterocycles. The number of benzene rings is 3. The third-order valence-corrected chi connectivity index (χ3v) is 5.49. The Hall–Kier alpha value is -3.38. The number of nitrogens with one attached hydrogen (secondary N) is 3. The Morgan fingerprint density at radius 1 is 0.706 bits per heavy atom. The second-order valence-electron chi connectivity index (χ2n) is 9.17. The van der Waals surface area contributed by atoms with E-state index in [0.29, 0.717) is 5.11 Å². The van der Waals surface area contributed by atoms with Crippen LogP contribution in [0, 0.1) is 0 Å². The number of ether oxygens (including phenoxy) is 1. The van der Waals surface area contributed by atoms with E-state index < -0.39 is 17.7 Å². The molecule has 0 unspecified atom stereocenters. The van der Waals surface area contributed by atoms with Gasteiger partial charge < -0.3 is 20.7 Å². The summed E-state index contributed by atoms with van der Waals surface area (Å²) in [5, 5.41) is 10.4. The number of hydrogen-bond acceptors (Lipinski definition) is 3. The van der Waals surface area contributed by atoms with Crippen LogP contribution in [-0.4, -0.2) is 16.8 Å². The van der Waals surface area contributed by atoms with Crippen LogP contribution in [0.2, 0.25) is 0 Å². The van der Waals surface area contributed by atoms with Gasteiger partial charge in [-0.3, -0.25) is 0 Å². The predicted octanol–water partition coefficient (Wildman–Crippen LogP) is 6.22. The number of amides is 1. The highest BCUT2D eigenvalue weighted by molar-refractivity contribution is 7.80. The number of thiocarbonyl (C=S) groups is 1. The van der Waals surface area contributed by atoms with Crippen molar-refractivity contribution in [3.63, 3.8) is 0 Å². The summed E-state index contributed by atoms with van der Waals surface area (Å²) in [6.07, 6.45) is -0.486. The summed E-state index contributed by atoms with van der Waals surface area (Å²) in [5.74, 6) is 0. The molecule has 3 rings (SSSR count). The third-order valence-electron chi connectivity index (χ3n) is 5.26. The average Bonchev–Trinajstić information content (AvgIpc) is 2.82. The van der Waals surface area contributed by atoms with Gasteiger partial charge in [-0.05, 0) is 56.6 Å². The first-order chi connectivity index (χ1) is 16.2. The summed E-state index contributed by atoms with van der Waals surface area (Å²) in [6, 6.07) is 29.2. The predicted molar refractivity (Wildman–Crippen MR) is 141 cm³/mol. The largest absolute Gasteiger partial charge is 0.444 e. The highest BCUT2D eigenvalue weighted by Crippen LogP contribution is 2.29. The first-order valence-electron chi connectivity index (χ1n) is 11.4. The molecule has 6 heteroatoms. The van der Waals surface area contributed by atoms with Gasteiger partial charge in [0.05, 0.1) is 18.1 Å². The van der Waals surface area contributed by atoms with E-state index in [4.69, 9.17) is 17.0 Å². The molecule has 0 aliphatic carbocycles. The molecule has 3 aromatic rings. The van der Waals surface area contributed by atoms with E-state index in [1.165, 1.54) is 0 Å². The second-order valence-corrected chi connectivity index (χ2v) is 9.58. The van der Waals surface area contributed by atoms with Crippen molar-refractivity contribution in [1.29, 1.82) is 0 Å². The molecule has 0 fully saturated rings. The van der Waals surface area contributed by atoms with E-state index in [2.05, 4.69) is 35.0 Å². The van der Waals surface area contributed by atoms with Crippen molar-refractivity contribution < 1.29 is 9.53 Å². The summed E-state index contributed by atoms with van der Waals surface area (Å²) in [6.45, 7) is 7.61. The van der Waals surface area contributed by atoms with Crippen LogP contribution in [-0.2, 0) is 4.74 Å².